The summed E-state index contributed by atoms with van der Waals surface area (Å²) in [4.78, 5) is 28.5. The van der Waals surface area contributed by atoms with Gasteiger partial charge in [-0.3, -0.25) is 9.59 Å². The molecule has 6 heteroatoms. The third-order valence-corrected chi connectivity index (χ3v) is 3.84. The second-order valence-corrected chi connectivity index (χ2v) is 5.28. The fraction of sp³-hybridized carbons (Fsp3) is 0.571. The summed E-state index contributed by atoms with van der Waals surface area (Å²) in [5, 5.41) is 0. The van der Waals surface area contributed by atoms with Crippen molar-refractivity contribution in [3.8, 4) is 0 Å². The Labute approximate surface area is 118 Å². The molecule has 0 unspecified atom stereocenters. The molecular weight excluding hydrogens is 256 g/mol. The van der Waals surface area contributed by atoms with Gasteiger partial charge in [0.2, 0.25) is 5.91 Å². The maximum Gasteiger partial charge on any atom is 0.255 e. The number of pyridine rings is 1. The topological polar surface area (TPSA) is 71.6 Å². The van der Waals surface area contributed by atoms with E-state index in [0.717, 1.165) is 31.9 Å². The van der Waals surface area contributed by atoms with Gasteiger partial charge in [0.15, 0.2) is 0 Å². The van der Waals surface area contributed by atoms with Gasteiger partial charge >= 0.3 is 0 Å². The first-order chi connectivity index (χ1) is 9.52. The summed E-state index contributed by atoms with van der Waals surface area (Å²) < 4.78 is 1.52. The highest BCUT2D eigenvalue weighted by atomic mass is 16.2. The van der Waals surface area contributed by atoms with Crippen molar-refractivity contribution in [3.05, 3.63) is 33.7 Å². The van der Waals surface area contributed by atoms with Gasteiger partial charge in [0.25, 0.3) is 5.56 Å². The minimum atomic E-state index is -0.157. The molecule has 0 saturated carbocycles. The molecule has 1 aliphatic rings. The number of rotatable bonds is 3. The Hall–Kier alpha value is -1.66. The molecule has 2 N–H and O–H groups in total. The molecule has 0 bridgehead atoms. The van der Waals surface area contributed by atoms with Gasteiger partial charge in [0, 0.05) is 44.0 Å². The number of piperazine rings is 1. The van der Waals surface area contributed by atoms with Gasteiger partial charge in [0.05, 0.1) is 0 Å². The molecule has 1 aromatic heterocycles. The van der Waals surface area contributed by atoms with Gasteiger partial charge in [-0.05, 0) is 20.0 Å². The summed E-state index contributed by atoms with van der Waals surface area (Å²) in [5.41, 5.74) is 6.72. The highest BCUT2D eigenvalue weighted by molar-refractivity contribution is 5.76. The van der Waals surface area contributed by atoms with Crippen LogP contribution in [0.5, 0.6) is 0 Å². The first-order valence-electron chi connectivity index (χ1n) is 6.88. The molecule has 1 fully saturated rings. The zero-order chi connectivity index (χ0) is 14.7. The van der Waals surface area contributed by atoms with E-state index in [1.165, 1.54) is 4.57 Å². The number of likely N-dealkylation sites (N-methyl/N-ethyl adjacent to an activating group) is 1. The molecule has 1 saturated heterocycles. The summed E-state index contributed by atoms with van der Waals surface area (Å²) in [7, 11) is 2.04. The maximum atomic E-state index is 12.3. The lowest BCUT2D eigenvalue weighted by Crippen LogP contribution is -2.48. The molecular formula is C14H22N4O2. The van der Waals surface area contributed by atoms with E-state index >= 15 is 0 Å². The highest BCUT2D eigenvalue weighted by Crippen LogP contribution is 2.03. The van der Waals surface area contributed by atoms with Crippen molar-refractivity contribution >= 4 is 5.91 Å². The van der Waals surface area contributed by atoms with Crippen LogP contribution in [0.15, 0.2) is 16.9 Å². The summed E-state index contributed by atoms with van der Waals surface area (Å²) in [6, 6.07) is 3.56. The van der Waals surface area contributed by atoms with Gasteiger partial charge in [0.1, 0.15) is 6.54 Å². The van der Waals surface area contributed by atoms with E-state index in [0.29, 0.717) is 5.56 Å². The molecule has 6 nitrogen and oxygen atoms in total. The minimum absolute atomic E-state index is 0.00234. The van der Waals surface area contributed by atoms with Crippen LogP contribution in [0.2, 0.25) is 0 Å². The van der Waals surface area contributed by atoms with Gasteiger partial charge < -0.3 is 20.1 Å². The van der Waals surface area contributed by atoms with Crippen LogP contribution in [-0.4, -0.2) is 53.5 Å². The molecule has 0 spiro atoms. The molecule has 2 rings (SSSR count). The van der Waals surface area contributed by atoms with E-state index in [4.69, 9.17) is 5.73 Å². The smallest absolute Gasteiger partial charge is 0.255 e. The van der Waals surface area contributed by atoms with Gasteiger partial charge in [-0.15, -0.1) is 0 Å². The number of aromatic nitrogens is 1. The fourth-order valence-corrected chi connectivity index (χ4v) is 2.36. The number of aryl methyl sites for hydroxylation is 1. The molecule has 0 aromatic carbocycles. The second-order valence-electron chi connectivity index (χ2n) is 5.28. The lowest BCUT2D eigenvalue weighted by molar-refractivity contribution is -0.133. The lowest BCUT2D eigenvalue weighted by atomic mass is 10.2. The first kappa shape index (κ1) is 14.7. The zero-order valence-corrected chi connectivity index (χ0v) is 12.1. The van der Waals surface area contributed by atoms with Crippen molar-refractivity contribution in [2.24, 2.45) is 5.73 Å². The van der Waals surface area contributed by atoms with Crippen LogP contribution >= 0.6 is 0 Å². The maximum absolute atomic E-state index is 12.3. The van der Waals surface area contributed by atoms with E-state index in [1.807, 2.05) is 24.9 Å². The Morgan fingerprint density at radius 2 is 1.90 bits per heavy atom. The third kappa shape index (κ3) is 3.08. The van der Waals surface area contributed by atoms with E-state index < -0.39 is 0 Å². The number of carbonyl (C=O) groups excluding carboxylic acids is 1. The quantitative estimate of drug-likeness (QED) is 0.800. The average molecular weight is 278 g/mol. The van der Waals surface area contributed by atoms with Crippen LogP contribution in [0.4, 0.5) is 0 Å². The molecule has 1 amide bonds. The predicted molar refractivity (Wildman–Crippen MR) is 77.4 cm³/mol. The van der Waals surface area contributed by atoms with Crippen molar-refractivity contribution in [1.82, 2.24) is 14.4 Å². The molecule has 0 radical (unpaired) electrons. The number of nitrogens with two attached hydrogens (primary N) is 1. The Kier molecular flexibility index (Phi) is 4.57. The minimum Gasteiger partial charge on any atom is -0.339 e. The largest absolute Gasteiger partial charge is 0.339 e. The Morgan fingerprint density at radius 3 is 2.50 bits per heavy atom. The summed E-state index contributed by atoms with van der Waals surface area (Å²) in [6.07, 6.45) is 0. The van der Waals surface area contributed by atoms with E-state index in [-0.39, 0.29) is 24.6 Å². The molecule has 1 aliphatic heterocycles. The Balaban J connectivity index is 2.14. The molecule has 1 aromatic rings. The predicted octanol–water partition coefficient (Wildman–Crippen LogP) is -0.611. The SMILES string of the molecule is Cc1ccc(CN)c(=O)n1CC(=O)N1CCN(C)CC1. The first-order valence-corrected chi connectivity index (χ1v) is 6.88. The Morgan fingerprint density at radius 1 is 1.25 bits per heavy atom. The van der Waals surface area contributed by atoms with Crippen molar-refractivity contribution in [2.45, 2.75) is 20.0 Å². The summed E-state index contributed by atoms with van der Waals surface area (Å²) in [5.74, 6) is -0.00234. The number of amides is 1. The lowest BCUT2D eigenvalue weighted by Gasteiger charge is -2.32. The van der Waals surface area contributed by atoms with Crippen LogP contribution in [0.3, 0.4) is 0 Å². The summed E-state index contributed by atoms with van der Waals surface area (Å²) >= 11 is 0. The van der Waals surface area contributed by atoms with Gasteiger partial charge in [-0.25, -0.2) is 0 Å². The van der Waals surface area contributed by atoms with Crippen LogP contribution in [0, 0.1) is 6.92 Å². The molecule has 20 heavy (non-hydrogen) atoms. The Bertz CT molecular complexity index is 545. The van der Waals surface area contributed by atoms with Crippen LogP contribution in [-0.2, 0) is 17.9 Å². The molecule has 110 valence electrons. The van der Waals surface area contributed by atoms with Crippen molar-refractivity contribution in [2.75, 3.05) is 33.2 Å². The second kappa shape index (κ2) is 6.19. The number of hydrogen-bond acceptors (Lipinski definition) is 4. The van der Waals surface area contributed by atoms with E-state index in [1.54, 1.807) is 6.07 Å². The normalized spacial score (nSPS) is 16.4. The van der Waals surface area contributed by atoms with Crippen molar-refractivity contribution in [3.63, 3.8) is 0 Å². The third-order valence-electron chi connectivity index (χ3n) is 3.84. The van der Waals surface area contributed by atoms with Crippen LogP contribution in [0.25, 0.3) is 0 Å². The monoisotopic (exact) mass is 278 g/mol. The van der Waals surface area contributed by atoms with E-state index in [2.05, 4.69) is 4.90 Å². The van der Waals surface area contributed by atoms with Crippen molar-refractivity contribution in [1.29, 1.82) is 0 Å². The average Bonchev–Trinajstić information content (AvgIpc) is 2.44. The number of carbonyl (C=O) groups is 1. The fourth-order valence-electron chi connectivity index (χ4n) is 2.36. The van der Waals surface area contributed by atoms with E-state index in [9.17, 15) is 9.59 Å². The standard InChI is InChI=1S/C14H22N4O2/c1-11-3-4-12(9-15)14(20)18(11)10-13(19)17-7-5-16(2)6-8-17/h3-4H,5-10,15H2,1-2H3. The van der Waals surface area contributed by atoms with Gasteiger partial charge in [-0.1, -0.05) is 6.07 Å². The molecule has 0 atom stereocenters. The zero-order valence-electron chi connectivity index (χ0n) is 12.1. The van der Waals surface area contributed by atoms with Gasteiger partial charge in [-0.2, -0.15) is 0 Å². The van der Waals surface area contributed by atoms with Crippen molar-refractivity contribution < 1.29 is 4.79 Å². The van der Waals surface area contributed by atoms with Crippen LogP contribution < -0.4 is 11.3 Å². The highest BCUT2D eigenvalue weighted by Gasteiger charge is 2.20. The van der Waals surface area contributed by atoms with Crippen LogP contribution in [0.1, 0.15) is 11.3 Å². The molecule has 0 aliphatic carbocycles. The summed E-state index contributed by atoms with van der Waals surface area (Å²) in [6.45, 7) is 5.33. The number of nitrogens with zero attached hydrogens (tertiary/aromatic N) is 3. The number of hydrogen-bond donors (Lipinski definition) is 1. The molecule has 2 heterocycles.